The van der Waals surface area contributed by atoms with Gasteiger partial charge < -0.3 is 0 Å². The van der Waals surface area contributed by atoms with Crippen molar-refractivity contribution >= 4 is 10.8 Å². The van der Waals surface area contributed by atoms with E-state index in [2.05, 4.69) is 88.4 Å². The summed E-state index contributed by atoms with van der Waals surface area (Å²) in [6, 6.07) is 22.2. The maximum Gasteiger partial charge on any atom is -0.0114 e. The first-order chi connectivity index (χ1) is 10.6. The first kappa shape index (κ1) is 14.8. The van der Waals surface area contributed by atoms with E-state index in [4.69, 9.17) is 0 Å². The average Bonchev–Trinajstić information content (AvgIpc) is 2.53. The second-order valence-corrected chi connectivity index (χ2v) is 6.68. The van der Waals surface area contributed by atoms with Gasteiger partial charge in [0, 0.05) is 0 Å². The normalized spacial score (nSPS) is 11.5. The fraction of sp³-hybridized carbons (Fsp3) is 0.273. The van der Waals surface area contributed by atoms with Crippen LogP contribution in [-0.4, -0.2) is 0 Å². The van der Waals surface area contributed by atoms with Gasteiger partial charge in [-0.3, -0.25) is 0 Å². The van der Waals surface area contributed by atoms with Crippen LogP contribution in [-0.2, 0) is 0 Å². The van der Waals surface area contributed by atoms with E-state index in [1.54, 1.807) is 0 Å². The summed E-state index contributed by atoms with van der Waals surface area (Å²) in [7, 11) is 0. The van der Waals surface area contributed by atoms with Crippen LogP contribution in [0.4, 0.5) is 0 Å². The minimum atomic E-state index is 0.528. The molecule has 0 bridgehead atoms. The minimum absolute atomic E-state index is 0.528. The molecule has 3 aromatic rings. The summed E-state index contributed by atoms with van der Waals surface area (Å²) in [5.74, 6) is 1.06. The van der Waals surface area contributed by atoms with Crippen LogP contribution in [0.5, 0.6) is 0 Å². The van der Waals surface area contributed by atoms with Crippen molar-refractivity contribution < 1.29 is 0 Å². The first-order valence-corrected chi connectivity index (χ1v) is 8.20. The molecule has 0 aliphatic heterocycles. The molecule has 0 heterocycles. The number of hydrogen-bond acceptors (Lipinski definition) is 0. The van der Waals surface area contributed by atoms with E-state index in [1.807, 2.05) is 0 Å². The Balaban J connectivity index is 2.28. The molecule has 0 radical (unpaired) electrons. The molecule has 3 rings (SSSR count). The molecule has 0 heteroatoms. The molecule has 0 amide bonds. The van der Waals surface area contributed by atoms with Crippen molar-refractivity contribution in [3.63, 3.8) is 0 Å². The minimum Gasteiger partial charge on any atom is -0.0617 e. The Morgan fingerprint density at radius 1 is 0.591 bits per heavy atom. The van der Waals surface area contributed by atoms with Crippen molar-refractivity contribution in [3.05, 3.63) is 71.8 Å². The standard InChI is InChI=1S/C22H24/c1-15(2)20-10-7-11-21(16(3)4)22(20)19-13-12-17-8-5-6-9-18(17)14-19/h5-16H,1-4H3. The Morgan fingerprint density at radius 2 is 1.18 bits per heavy atom. The predicted molar refractivity (Wildman–Crippen MR) is 97.6 cm³/mol. The second kappa shape index (κ2) is 5.96. The van der Waals surface area contributed by atoms with Gasteiger partial charge in [0.05, 0.1) is 0 Å². The van der Waals surface area contributed by atoms with Crippen LogP contribution in [0.25, 0.3) is 21.9 Å². The largest absolute Gasteiger partial charge is 0.0617 e. The summed E-state index contributed by atoms with van der Waals surface area (Å²) < 4.78 is 0. The highest BCUT2D eigenvalue weighted by atomic mass is 14.2. The number of benzene rings is 3. The van der Waals surface area contributed by atoms with E-state index in [1.165, 1.54) is 33.0 Å². The average molecular weight is 288 g/mol. The van der Waals surface area contributed by atoms with Gasteiger partial charge >= 0.3 is 0 Å². The van der Waals surface area contributed by atoms with Crippen molar-refractivity contribution in [2.24, 2.45) is 0 Å². The van der Waals surface area contributed by atoms with Crippen LogP contribution < -0.4 is 0 Å². The summed E-state index contributed by atoms with van der Waals surface area (Å²) in [6.45, 7) is 9.13. The third kappa shape index (κ3) is 2.66. The van der Waals surface area contributed by atoms with Crippen LogP contribution in [0.1, 0.15) is 50.7 Å². The Bertz CT molecular complexity index is 768. The van der Waals surface area contributed by atoms with Crippen molar-refractivity contribution in [2.75, 3.05) is 0 Å². The molecule has 0 saturated carbocycles. The third-order valence-corrected chi connectivity index (χ3v) is 4.41. The lowest BCUT2D eigenvalue weighted by Gasteiger charge is -2.20. The molecular formula is C22H24. The van der Waals surface area contributed by atoms with Gasteiger partial charge in [-0.1, -0.05) is 82.3 Å². The van der Waals surface area contributed by atoms with Gasteiger partial charge in [-0.05, 0) is 50.9 Å². The third-order valence-electron chi connectivity index (χ3n) is 4.41. The maximum atomic E-state index is 2.34. The molecule has 0 unspecified atom stereocenters. The zero-order chi connectivity index (χ0) is 15.7. The van der Waals surface area contributed by atoms with Crippen molar-refractivity contribution in [3.8, 4) is 11.1 Å². The molecule has 0 aliphatic rings. The molecule has 0 atom stereocenters. The van der Waals surface area contributed by atoms with Crippen LogP contribution in [0.2, 0.25) is 0 Å². The highest BCUT2D eigenvalue weighted by Crippen LogP contribution is 2.37. The lowest BCUT2D eigenvalue weighted by atomic mass is 9.84. The van der Waals surface area contributed by atoms with Crippen molar-refractivity contribution in [1.82, 2.24) is 0 Å². The van der Waals surface area contributed by atoms with Gasteiger partial charge in [0.1, 0.15) is 0 Å². The van der Waals surface area contributed by atoms with E-state index >= 15 is 0 Å². The lowest BCUT2D eigenvalue weighted by Crippen LogP contribution is -1.99. The first-order valence-electron chi connectivity index (χ1n) is 8.20. The van der Waals surface area contributed by atoms with Gasteiger partial charge in [0.2, 0.25) is 0 Å². The summed E-state index contributed by atoms with van der Waals surface area (Å²) >= 11 is 0. The molecule has 3 aromatic carbocycles. The lowest BCUT2D eigenvalue weighted by molar-refractivity contribution is 0.838. The van der Waals surface area contributed by atoms with Crippen molar-refractivity contribution in [1.29, 1.82) is 0 Å². The molecular weight excluding hydrogens is 264 g/mol. The Labute approximate surface area is 133 Å². The molecule has 0 fully saturated rings. The monoisotopic (exact) mass is 288 g/mol. The number of hydrogen-bond donors (Lipinski definition) is 0. The van der Waals surface area contributed by atoms with Crippen LogP contribution in [0.15, 0.2) is 60.7 Å². The predicted octanol–water partition coefficient (Wildman–Crippen LogP) is 6.75. The van der Waals surface area contributed by atoms with Gasteiger partial charge in [0.15, 0.2) is 0 Å². The number of fused-ring (bicyclic) bond motifs is 1. The molecule has 0 nitrogen and oxygen atoms in total. The molecule has 0 saturated heterocycles. The Morgan fingerprint density at radius 3 is 1.77 bits per heavy atom. The van der Waals surface area contributed by atoms with E-state index in [0.29, 0.717) is 11.8 Å². The Hall–Kier alpha value is -2.08. The number of rotatable bonds is 3. The zero-order valence-corrected chi connectivity index (χ0v) is 13.9. The molecule has 22 heavy (non-hydrogen) atoms. The fourth-order valence-corrected chi connectivity index (χ4v) is 3.23. The molecule has 0 aromatic heterocycles. The van der Waals surface area contributed by atoms with Gasteiger partial charge in [-0.25, -0.2) is 0 Å². The quantitative estimate of drug-likeness (QED) is 0.500. The summed E-state index contributed by atoms with van der Waals surface area (Å²) in [5, 5.41) is 2.62. The molecule has 0 spiro atoms. The van der Waals surface area contributed by atoms with Crippen LogP contribution >= 0.6 is 0 Å². The molecule has 112 valence electrons. The van der Waals surface area contributed by atoms with Crippen LogP contribution in [0.3, 0.4) is 0 Å². The van der Waals surface area contributed by atoms with E-state index in [0.717, 1.165) is 0 Å². The summed E-state index contributed by atoms with van der Waals surface area (Å²) in [6.07, 6.45) is 0. The van der Waals surface area contributed by atoms with E-state index in [9.17, 15) is 0 Å². The van der Waals surface area contributed by atoms with Gasteiger partial charge in [-0.15, -0.1) is 0 Å². The van der Waals surface area contributed by atoms with E-state index in [-0.39, 0.29) is 0 Å². The maximum absolute atomic E-state index is 2.34. The van der Waals surface area contributed by atoms with Gasteiger partial charge in [-0.2, -0.15) is 0 Å². The Kier molecular flexibility index (Phi) is 4.02. The highest BCUT2D eigenvalue weighted by Gasteiger charge is 2.15. The highest BCUT2D eigenvalue weighted by molar-refractivity contribution is 5.88. The smallest absolute Gasteiger partial charge is 0.0114 e. The zero-order valence-electron chi connectivity index (χ0n) is 13.9. The summed E-state index contributed by atoms with van der Waals surface area (Å²) in [4.78, 5) is 0. The SMILES string of the molecule is CC(C)c1cccc(C(C)C)c1-c1ccc2ccccc2c1. The summed E-state index contributed by atoms with van der Waals surface area (Å²) in [5.41, 5.74) is 5.66. The fourth-order valence-electron chi connectivity index (χ4n) is 3.23. The van der Waals surface area contributed by atoms with Crippen molar-refractivity contribution in [2.45, 2.75) is 39.5 Å². The van der Waals surface area contributed by atoms with Gasteiger partial charge in [0.25, 0.3) is 0 Å². The topological polar surface area (TPSA) is 0 Å². The second-order valence-electron chi connectivity index (χ2n) is 6.68. The van der Waals surface area contributed by atoms with Crippen LogP contribution in [0, 0.1) is 0 Å². The van der Waals surface area contributed by atoms with E-state index < -0.39 is 0 Å². The molecule has 0 N–H and O–H groups in total. The molecule has 0 aliphatic carbocycles.